The molecule has 1 aliphatic carbocycles. The first-order valence-electron chi connectivity index (χ1n) is 9.65. The number of hydrogen-bond acceptors (Lipinski definition) is 5. The molecule has 3 rings (SSSR count). The van der Waals surface area contributed by atoms with E-state index in [4.69, 9.17) is 11.5 Å². The molecule has 1 aliphatic rings. The molecule has 1 fully saturated rings. The maximum atomic E-state index is 11.9. The van der Waals surface area contributed by atoms with Crippen molar-refractivity contribution in [3.63, 3.8) is 0 Å². The topological polar surface area (TPSA) is 121 Å². The van der Waals surface area contributed by atoms with Gasteiger partial charge in [-0.25, -0.2) is 4.98 Å². The zero-order chi connectivity index (χ0) is 21.0. The number of nitrogens with zero attached hydrogens (tertiary/aromatic N) is 2. The number of aryl methyl sites for hydroxylation is 1. The average molecular weight is 412 g/mol. The number of nitrogens with two attached hydrogens (primary N) is 2. The molecule has 7 nitrogen and oxygen atoms in total. The van der Waals surface area contributed by atoms with Crippen LogP contribution < -0.4 is 21.8 Å². The van der Waals surface area contributed by atoms with E-state index in [-0.39, 0.29) is 11.8 Å². The van der Waals surface area contributed by atoms with Gasteiger partial charge >= 0.3 is 5.16 Å². The van der Waals surface area contributed by atoms with E-state index in [0.29, 0.717) is 17.4 Å². The fraction of sp³-hybridized carbons (Fsp3) is 0.333. The molecule has 29 heavy (non-hydrogen) atoms. The summed E-state index contributed by atoms with van der Waals surface area (Å²) in [6.07, 6.45) is 4.40. The van der Waals surface area contributed by atoms with E-state index in [2.05, 4.69) is 27.2 Å². The van der Waals surface area contributed by atoms with Crippen LogP contribution in [0.1, 0.15) is 37.9 Å². The predicted molar refractivity (Wildman–Crippen MR) is 116 cm³/mol. The lowest BCUT2D eigenvalue weighted by Crippen LogP contribution is -2.17. The maximum absolute atomic E-state index is 11.9. The Balaban J connectivity index is 1.79. The Morgan fingerprint density at radius 2 is 2.03 bits per heavy atom. The first kappa shape index (κ1) is 20.9. The van der Waals surface area contributed by atoms with Crippen molar-refractivity contribution < 1.29 is 9.78 Å². The number of carbonyl (C=O) groups is 1. The number of aromatic nitrogens is 2. The molecule has 1 aromatic carbocycles. The number of aromatic amines is 1. The Labute approximate surface area is 175 Å². The zero-order valence-corrected chi connectivity index (χ0v) is 17.8. The normalized spacial score (nSPS) is 14.7. The minimum absolute atomic E-state index is 0.105. The smallest absolute Gasteiger partial charge is 0.301 e. The van der Waals surface area contributed by atoms with Gasteiger partial charge in [-0.1, -0.05) is 11.9 Å². The highest BCUT2D eigenvalue weighted by atomic mass is 32.2. The second kappa shape index (κ2) is 9.09. The molecule has 0 unspecified atom stereocenters. The van der Waals surface area contributed by atoms with Crippen LogP contribution in [-0.2, 0) is 11.2 Å². The van der Waals surface area contributed by atoms with Gasteiger partial charge in [0.25, 0.3) is 5.82 Å². The summed E-state index contributed by atoms with van der Waals surface area (Å²) in [5.74, 6) is 1.32. The van der Waals surface area contributed by atoms with E-state index >= 15 is 0 Å². The lowest BCUT2D eigenvalue weighted by Gasteiger charge is -2.06. The number of aliphatic imine (C=N–C) groups is 1. The van der Waals surface area contributed by atoms with Crippen LogP contribution >= 0.6 is 11.8 Å². The molecule has 6 N–H and O–H groups in total. The third-order valence-corrected chi connectivity index (χ3v) is 5.37. The van der Waals surface area contributed by atoms with Crippen molar-refractivity contribution in [3.05, 3.63) is 47.3 Å². The van der Waals surface area contributed by atoms with Crippen LogP contribution in [0.15, 0.2) is 51.1 Å². The third kappa shape index (κ3) is 5.80. The Morgan fingerprint density at radius 3 is 2.62 bits per heavy atom. The molecule has 0 spiro atoms. The summed E-state index contributed by atoms with van der Waals surface area (Å²) >= 11 is 1.49. The minimum Gasteiger partial charge on any atom is -0.402 e. The van der Waals surface area contributed by atoms with Gasteiger partial charge in [0, 0.05) is 28.3 Å². The number of hydrogen-bond donors (Lipinski definition) is 3. The number of allylic oxidation sites excluding steroid dienone is 1. The molecule has 8 heteroatoms. The van der Waals surface area contributed by atoms with E-state index in [1.807, 2.05) is 31.2 Å². The Bertz CT molecular complexity index is 960. The van der Waals surface area contributed by atoms with Crippen LogP contribution in [0.3, 0.4) is 0 Å². The van der Waals surface area contributed by atoms with Crippen molar-refractivity contribution in [2.75, 3.05) is 5.32 Å². The molecule has 0 bridgehead atoms. The zero-order valence-electron chi connectivity index (χ0n) is 17.0. The van der Waals surface area contributed by atoms with Crippen LogP contribution in [0.5, 0.6) is 0 Å². The second-order valence-corrected chi connectivity index (χ2v) is 8.19. The number of nitrogens with one attached hydrogen (secondary N) is 2. The molecule has 0 radical (unpaired) electrons. The molecular formula is C21H27N6OS+. The fourth-order valence-electron chi connectivity index (χ4n) is 2.87. The van der Waals surface area contributed by atoms with Crippen molar-refractivity contribution >= 4 is 35.0 Å². The van der Waals surface area contributed by atoms with Gasteiger partial charge < -0.3 is 16.8 Å². The number of carbonyl (C=O) groups excluding carboxylic acids is 1. The summed E-state index contributed by atoms with van der Waals surface area (Å²) in [6, 6.07) is 7.73. The summed E-state index contributed by atoms with van der Waals surface area (Å²) < 4.78 is 0. The van der Waals surface area contributed by atoms with Crippen LogP contribution in [0.4, 0.5) is 11.5 Å². The van der Waals surface area contributed by atoms with Crippen molar-refractivity contribution in [2.24, 2.45) is 22.4 Å². The molecule has 0 aliphatic heterocycles. The first-order valence-corrected chi connectivity index (χ1v) is 10.5. The van der Waals surface area contributed by atoms with Gasteiger partial charge in [-0.05, 0) is 69.1 Å². The Kier molecular flexibility index (Phi) is 6.53. The van der Waals surface area contributed by atoms with Crippen molar-refractivity contribution in [3.8, 4) is 0 Å². The van der Waals surface area contributed by atoms with E-state index in [9.17, 15) is 4.79 Å². The highest BCUT2D eigenvalue weighted by Gasteiger charge is 2.29. The third-order valence-electron chi connectivity index (χ3n) is 4.47. The van der Waals surface area contributed by atoms with Gasteiger partial charge in [0.1, 0.15) is 5.69 Å². The van der Waals surface area contributed by atoms with Crippen LogP contribution in [-0.4, -0.2) is 16.7 Å². The lowest BCUT2D eigenvalue weighted by molar-refractivity contribution is -0.420. The van der Waals surface area contributed by atoms with E-state index in [1.165, 1.54) is 11.8 Å². The monoisotopic (exact) mass is 411 g/mol. The SMILES string of the molecule is CCc1c(C)nc(Sc2ccc(NC(=O)C3CC3)cc2)[nH+]c1N=C(N)/C=C(/C)N. The van der Waals surface area contributed by atoms with Gasteiger partial charge in [0.15, 0.2) is 0 Å². The highest BCUT2D eigenvalue weighted by Crippen LogP contribution is 2.31. The fourth-order valence-corrected chi connectivity index (χ4v) is 3.69. The van der Waals surface area contributed by atoms with Crippen LogP contribution in [0.25, 0.3) is 0 Å². The summed E-state index contributed by atoms with van der Waals surface area (Å²) in [5.41, 5.74) is 15.0. The van der Waals surface area contributed by atoms with Gasteiger partial charge in [-0.15, -0.1) is 4.98 Å². The summed E-state index contributed by atoms with van der Waals surface area (Å²) in [6.45, 7) is 5.79. The molecule has 0 atom stereocenters. The summed E-state index contributed by atoms with van der Waals surface area (Å²) in [4.78, 5) is 25.3. The van der Waals surface area contributed by atoms with Crippen LogP contribution in [0.2, 0.25) is 0 Å². The van der Waals surface area contributed by atoms with E-state index in [0.717, 1.165) is 46.3 Å². The molecule has 1 amide bonds. The predicted octanol–water partition coefficient (Wildman–Crippen LogP) is 3.12. The molecular weight excluding hydrogens is 384 g/mol. The number of amidine groups is 1. The van der Waals surface area contributed by atoms with E-state index in [1.54, 1.807) is 13.0 Å². The van der Waals surface area contributed by atoms with Gasteiger partial charge in [-0.2, -0.15) is 0 Å². The Morgan fingerprint density at radius 1 is 1.34 bits per heavy atom. The van der Waals surface area contributed by atoms with Gasteiger partial charge in [-0.3, -0.25) is 4.79 Å². The van der Waals surface area contributed by atoms with Crippen molar-refractivity contribution in [2.45, 2.75) is 50.1 Å². The average Bonchev–Trinajstić information content (AvgIpc) is 3.48. The van der Waals surface area contributed by atoms with Crippen molar-refractivity contribution in [1.29, 1.82) is 0 Å². The number of benzene rings is 1. The lowest BCUT2D eigenvalue weighted by atomic mass is 10.2. The summed E-state index contributed by atoms with van der Waals surface area (Å²) in [7, 11) is 0. The minimum atomic E-state index is 0.105. The molecule has 152 valence electrons. The molecule has 1 saturated carbocycles. The second-order valence-electron chi connectivity index (χ2n) is 7.12. The van der Waals surface area contributed by atoms with Gasteiger partial charge in [0.2, 0.25) is 11.7 Å². The standard InChI is InChI=1S/C21H26N6OS/c1-4-17-13(3)24-21(27-19(17)26-18(23)11-12(2)22)29-16-9-7-15(8-10-16)25-20(28)14-5-6-14/h7-11,14H,4-6,22H2,1-3H3,(H,25,28)(H2,23,24,26,27)/p+1/b12-11-. The number of rotatable bonds is 7. The summed E-state index contributed by atoms with van der Waals surface area (Å²) in [5, 5.41) is 3.66. The van der Waals surface area contributed by atoms with E-state index < -0.39 is 0 Å². The maximum Gasteiger partial charge on any atom is 0.301 e. The largest absolute Gasteiger partial charge is 0.402 e. The Hall–Kier alpha value is -2.87. The molecule has 1 aromatic heterocycles. The highest BCUT2D eigenvalue weighted by molar-refractivity contribution is 7.99. The molecule has 2 aromatic rings. The molecule has 1 heterocycles. The number of amides is 1. The number of anilines is 1. The first-order chi connectivity index (χ1) is 13.9. The van der Waals surface area contributed by atoms with Crippen LogP contribution in [0, 0.1) is 12.8 Å². The van der Waals surface area contributed by atoms with Gasteiger partial charge in [0.05, 0.1) is 5.56 Å². The van der Waals surface area contributed by atoms with Crippen molar-refractivity contribution in [1.82, 2.24) is 4.98 Å². The quantitative estimate of drug-likeness (QED) is 0.367. The molecule has 0 saturated heterocycles. The number of H-pyrrole nitrogens is 1.